The van der Waals surface area contributed by atoms with Crippen LogP contribution in [-0.2, 0) is 0 Å². The Morgan fingerprint density at radius 1 is 1.14 bits per heavy atom. The highest BCUT2D eigenvalue weighted by atomic mass is 35.5. The maximum atomic E-state index is 6.16. The van der Waals surface area contributed by atoms with Crippen LogP contribution in [-0.4, -0.2) is 13.7 Å². The van der Waals surface area contributed by atoms with Crippen molar-refractivity contribution in [3.05, 3.63) is 63.1 Å². The number of nitrogens with one attached hydrogen (secondary N) is 1. The van der Waals surface area contributed by atoms with Gasteiger partial charge in [0.05, 0.1) is 18.2 Å². The molecule has 1 atom stereocenters. The van der Waals surface area contributed by atoms with Crippen LogP contribution in [0.2, 0.25) is 10.0 Å². The van der Waals surface area contributed by atoms with Crippen molar-refractivity contribution in [3.8, 4) is 5.75 Å². The summed E-state index contributed by atoms with van der Waals surface area (Å²) in [7, 11) is 1.62. The van der Waals surface area contributed by atoms with Crippen LogP contribution in [0.15, 0.2) is 36.4 Å². The molecule has 0 aromatic heterocycles. The zero-order valence-corrected chi connectivity index (χ0v) is 13.9. The molecule has 1 N–H and O–H groups in total. The van der Waals surface area contributed by atoms with E-state index in [0.717, 1.165) is 22.7 Å². The van der Waals surface area contributed by atoms with Crippen LogP contribution >= 0.6 is 23.2 Å². The lowest BCUT2D eigenvalue weighted by molar-refractivity contribution is 0.414. The Labute approximate surface area is 136 Å². The lowest BCUT2D eigenvalue weighted by Crippen LogP contribution is -2.22. The zero-order chi connectivity index (χ0) is 15.4. The van der Waals surface area contributed by atoms with E-state index in [-0.39, 0.29) is 6.04 Å². The third-order valence-electron chi connectivity index (χ3n) is 3.47. The molecule has 1 unspecified atom stereocenters. The SMILES string of the molecule is CCNC(c1ccc(Cl)c(OC)c1)c1cc(Cl)ccc1C. The fourth-order valence-electron chi connectivity index (χ4n) is 2.39. The molecule has 0 fully saturated rings. The van der Waals surface area contributed by atoms with E-state index >= 15 is 0 Å². The predicted molar refractivity (Wildman–Crippen MR) is 89.7 cm³/mol. The Morgan fingerprint density at radius 2 is 1.90 bits per heavy atom. The first-order valence-corrected chi connectivity index (χ1v) is 7.65. The van der Waals surface area contributed by atoms with E-state index < -0.39 is 0 Å². The molecule has 21 heavy (non-hydrogen) atoms. The fraction of sp³-hybridized carbons (Fsp3) is 0.294. The third kappa shape index (κ3) is 3.70. The van der Waals surface area contributed by atoms with Crippen molar-refractivity contribution in [2.75, 3.05) is 13.7 Å². The number of hydrogen-bond acceptors (Lipinski definition) is 2. The van der Waals surface area contributed by atoms with Gasteiger partial charge in [-0.1, -0.05) is 42.3 Å². The molecule has 0 bridgehead atoms. The van der Waals surface area contributed by atoms with Gasteiger partial charge in [0.2, 0.25) is 0 Å². The van der Waals surface area contributed by atoms with Gasteiger partial charge in [0.25, 0.3) is 0 Å². The first-order chi connectivity index (χ1) is 10.1. The minimum absolute atomic E-state index is 0.0554. The molecule has 0 radical (unpaired) electrons. The topological polar surface area (TPSA) is 21.3 Å². The zero-order valence-electron chi connectivity index (χ0n) is 12.4. The molecule has 2 rings (SSSR count). The molecule has 0 aliphatic rings. The largest absolute Gasteiger partial charge is 0.495 e. The highest BCUT2D eigenvalue weighted by Gasteiger charge is 2.17. The first-order valence-electron chi connectivity index (χ1n) is 6.89. The molecule has 2 aromatic carbocycles. The summed E-state index contributed by atoms with van der Waals surface area (Å²) in [4.78, 5) is 0. The Morgan fingerprint density at radius 3 is 2.57 bits per heavy atom. The Hall–Kier alpha value is -1.22. The van der Waals surface area contributed by atoms with E-state index in [2.05, 4.69) is 19.2 Å². The van der Waals surface area contributed by atoms with Gasteiger partial charge in [0, 0.05) is 5.02 Å². The Kier molecular flexibility index (Phi) is 5.51. The summed E-state index contributed by atoms with van der Waals surface area (Å²) in [5, 5.41) is 4.84. The van der Waals surface area contributed by atoms with Crippen LogP contribution in [0.1, 0.15) is 29.7 Å². The van der Waals surface area contributed by atoms with E-state index in [9.17, 15) is 0 Å². The molecular formula is C17H19Cl2NO. The van der Waals surface area contributed by atoms with E-state index in [4.69, 9.17) is 27.9 Å². The van der Waals surface area contributed by atoms with Gasteiger partial charge in [-0.2, -0.15) is 0 Å². The van der Waals surface area contributed by atoms with Crippen LogP contribution < -0.4 is 10.1 Å². The molecule has 0 saturated carbocycles. The second-order valence-corrected chi connectivity index (χ2v) is 5.73. The number of methoxy groups -OCH3 is 1. The quantitative estimate of drug-likeness (QED) is 0.835. The van der Waals surface area contributed by atoms with Crippen molar-refractivity contribution < 1.29 is 4.74 Å². The van der Waals surface area contributed by atoms with Crippen LogP contribution in [0.5, 0.6) is 5.75 Å². The van der Waals surface area contributed by atoms with Crippen molar-refractivity contribution in [1.29, 1.82) is 0 Å². The lowest BCUT2D eigenvalue weighted by Gasteiger charge is -2.22. The number of aryl methyl sites for hydroxylation is 1. The van der Waals surface area contributed by atoms with Gasteiger partial charge < -0.3 is 10.1 Å². The first kappa shape index (κ1) is 16.2. The number of ether oxygens (including phenoxy) is 1. The molecule has 0 spiro atoms. The lowest BCUT2D eigenvalue weighted by atomic mass is 9.95. The summed E-state index contributed by atoms with van der Waals surface area (Å²) in [6, 6.07) is 11.8. The van der Waals surface area contributed by atoms with Gasteiger partial charge in [0.15, 0.2) is 0 Å². The third-order valence-corrected chi connectivity index (χ3v) is 4.02. The van der Waals surface area contributed by atoms with E-state index in [0.29, 0.717) is 10.8 Å². The summed E-state index contributed by atoms with van der Waals surface area (Å²) >= 11 is 12.3. The van der Waals surface area contributed by atoms with Gasteiger partial charge in [-0.05, 0) is 54.4 Å². The van der Waals surface area contributed by atoms with Crippen molar-refractivity contribution >= 4 is 23.2 Å². The molecule has 2 aromatic rings. The van der Waals surface area contributed by atoms with Crippen molar-refractivity contribution in [1.82, 2.24) is 5.32 Å². The maximum Gasteiger partial charge on any atom is 0.137 e. The van der Waals surface area contributed by atoms with Crippen LogP contribution in [0, 0.1) is 6.92 Å². The van der Waals surface area contributed by atoms with Gasteiger partial charge in [-0.15, -0.1) is 0 Å². The number of rotatable bonds is 5. The molecular weight excluding hydrogens is 305 g/mol. The number of benzene rings is 2. The second-order valence-electron chi connectivity index (χ2n) is 4.89. The van der Waals surface area contributed by atoms with Gasteiger partial charge in [-0.3, -0.25) is 0 Å². The number of halogens is 2. The smallest absolute Gasteiger partial charge is 0.137 e. The van der Waals surface area contributed by atoms with Crippen LogP contribution in [0.3, 0.4) is 0 Å². The minimum atomic E-state index is 0.0554. The summed E-state index contributed by atoms with van der Waals surface area (Å²) < 4.78 is 5.32. The average Bonchev–Trinajstić information content (AvgIpc) is 2.48. The molecule has 112 valence electrons. The summed E-state index contributed by atoms with van der Waals surface area (Å²) in [5.74, 6) is 0.678. The predicted octanol–water partition coefficient (Wildman–Crippen LogP) is 5.01. The normalized spacial score (nSPS) is 12.2. The van der Waals surface area contributed by atoms with Crippen molar-refractivity contribution in [2.24, 2.45) is 0 Å². The molecule has 0 saturated heterocycles. The standard InChI is InChI=1S/C17H19Cl2NO/c1-4-20-17(14-10-13(18)7-5-11(14)2)12-6-8-15(19)16(9-12)21-3/h5-10,17,20H,4H2,1-3H3. The fourth-order valence-corrected chi connectivity index (χ4v) is 2.77. The molecule has 0 amide bonds. The molecule has 0 aliphatic carbocycles. The molecule has 2 nitrogen and oxygen atoms in total. The molecule has 4 heteroatoms. The number of hydrogen-bond donors (Lipinski definition) is 1. The Balaban J connectivity index is 2.50. The minimum Gasteiger partial charge on any atom is -0.495 e. The van der Waals surface area contributed by atoms with E-state index in [1.807, 2.05) is 36.4 Å². The average molecular weight is 324 g/mol. The van der Waals surface area contributed by atoms with E-state index in [1.54, 1.807) is 7.11 Å². The highest BCUT2D eigenvalue weighted by Crippen LogP contribution is 2.32. The Bertz CT molecular complexity index is 628. The van der Waals surface area contributed by atoms with Gasteiger partial charge in [0.1, 0.15) is 5.75 Å². The van der Waals surface area contributed by atoms with Crippen LogP contribution in [0.25, 0.3) is 0 Å². The molecule has 0 aliphatic heterocycles. The van der Waals surface area contributed by atoms with Gasteiger partial charge in [-0.25, -0.2) is 0 Å². The maximum absolute atomic E-state index is 6.16. The van der Waals surface area contributed by atoms with Gasteiger partial charge >= 0.3 is 0 Å². The summed E-state index contributed by atoms with van der Waals surface area (Å²) in [5.41, 5.74) is 3.46. The van der Waals surface area contributed by atoms with Crippen molar-refractivity contribution in [2.45, 2.75) is 19.9 Å². The molecule has 0 heterocycles. The van der Waals surface area contributed by atoms with Crippen molar-refractivity contribution in [3.63, 3.8) is 0 Å². The second kappa shape index (κ2) is 7.17. The summed E-state index contributed by atoms with van der Waals surface area (Å²) in [6.45, 7) is 5.02. The van der Waals surface area contributed by atoms with E-state index in [1.165, 1.54) is 5.56 Å². The summed E-state index contributed by atoms with van der Waals surface area (Å²) in [6.07, 6.45) is 0. The highest BCUT2D eigenvalue weighted by molar-refractivity contribution is 6.32. The van der Waals surface area contributed by atoms with Crippen LogP contribution in [0.4, 0.5) is 0 Å². The monoisotopic (exact) mass is 323 g/mol.